The summed E-state index contributed by atoms with van der Waals surface area (Å²) in [4.78, 5) is 11.5. The van der Waals surface area contributed by atoms with Crippen molar-refractivity contribution >= 4 is 5.91 Å². The highest BCUT2D eigenvalue weighted by Crippen LogP contribution is 2.14. The maximum Gasteiger partial charge on any atom is 0.237 e. The van der Waals surface area contributed by atoms with Crippen LogP contribution in [0.2, 0.25) is 0 Å². The Bertz CT molecular complexity index is 274. The lowest BCUT2D eigenvalue weighted by atomic mass is 9.93. The Morgan fingerprint density at radius 3 is 2.19 bits per heavy atom. The van der Waals surface area contributed by atoms with Crippen LogP contribution < -0.4 is 11.1 Å². The van der Waals surface area contributed by atoms with Crippen LogP contribution in [-0.4, -0.2) is 57.6 Å². The minimum Gasteiger partial charge on any atom is -0.382 e. The van der Waals surface area contributed by atoms with Gasteiger partial charge in [-0.15, -0.1) is 0 Å². The zero-order valence-electron chi connectivity index (χ0n) is 13.9. The van der Waals surface area contributed by atoms with Gasteiger partial charge in [0.05, 0.1) is 32.0 Å². The van der Waals surface area contributed by atoms with E-state index in [0.29, 0.717) is 39.5 Å². The molecule has 0 saturated heterocycles. The van der Waals surface area contributed by atoms with E-state index < -0.39 is 5.54 Å². The van der Waals surface area contributed by atoms with Gasteiger partial charge in [0, 0.05) is 19.8 Å². The van der Waals surface area contributed by atoms with Crippen LogP contribution in [0.1, 0.15) is 40.0 Å². The summed E-state index contributed by atoms with van der Waals surface area (Å²) in [6.45, 7) is 8.91. The largest absolute Gasteiger partial charge is 0.382 e. The minimum atomic E-state index is -0.641. The smallest absolute Gasteiger partial charge is 0.237 e. The van der Waals surface area contributed by atoms with Crippen molar-refractivity contribution < 1.29 is 19.0 Å². The van der Waals surface area contributed by atoms with Crippen LogP contribution in [0.4, 0.5) is 0 Å². The molecule has 6 heteroatoms. The second-order valence-electron chi connectivity index (χ2n) is 5.67. The zero-order chi connectivity index (χ0) is 16.1. The van der Waals surface area contributed by atoms with Gasteiger partial charge < -0.3 is 25.3 Å². The number of hydrogen-bond acceptors (Lipinski definition) is 5. The van der Waals surface area contributed by atoms with Gasteiger partial charge in [0.1, 0.15) is 0 Å². The third kappa shape index (κ3) is 10.6. The molecule has 0 aliphatic rings. The van der Waals surface area contributed by atoms with Crippen LogP contribution in [0.15, 0.2) is 0 Å². The van der Waals surface area contributed by atoms with Gasteiger partial charge >= 0.3 is 0 Å². The molecule has 0 aliphatic heterocycles. The molecule has 0 aromatic heterocycles. The fraction of sp³-hybridized carbons (Fsp3) is 0.933. The van der Waals surface area contributed by atoms with Crippen LogP contribution in [-0.2, 0) is 19.0 Å². The number of nitrogens with two attached hydrogens (primary N) is 1. The van der Waals surface area contributed by atoms with Crippen LogP contribution in [0.3, 0.4) is 0 Å². The van der Waals surface area contributed by atoms with Crippen molar-refractivity contribution in [2.45, 2.75) is 51.6 Å². The second kappa shape index (κ2) is 11.9. The van der Waals surface area contributed by atoms with Gasteiger partial charge in [0.25, 0.3) is 0 Å². The first-order chi connectivity index (χ1) is 9.92. The van der Waals surface area contributed by atoms with Crippen molar-refractivity contribution in [2.75, 3.05) is 40.1 Å². The van der Waals surface area contributed by atoms with Gasteiger partial charge in [0.15, 0.2) is 0 Å². The normalized spacial score (nSPS) is 14.3. The van der Waals surface area contributed by atoms with Crippen molar-refractivity contribution in [3.05, 3.63) is 0 Å². The van der Waals surface area contributed by atoms with E-state index >= 15 is 0 Å². The number of ether oxygens (including phenoxy) is 3. The lowest BCUT2D eigenvalue weighted by molar-refractivity contribution is -0.124. The number of unbranched alkanes of at least 4 members (excludes halogenated alkanes) is 1. The SMILES string of the molecule is COCCOCCOCCCCC(C)(NC(C)C)C(N)=O. The van der Waals surface area contributed by atoms with Crippen molar-refractivity contribution in [3.8, 4) is 0 Å². The number of amides is 1. The molecule has 0 saturated carbocycles. The molecular weight excluding hydrogens is 272 g/mol. The molecule has 0 aliphatic carbocycles. The Labute approximate surface area is 128 Å². The first-order valence-corrected chi connectivity index (χ1v) is 7.64. The van der Waals surface area contributed by atoms with E-state index in [9.17, 15) is 4.79 Å². The minimum absolute atomic E-state index is 0.225. The summed E-state index contributed by atoms with van der Waals surface area (Å²) >= 11 is 0. The van der Waals surface area contributed by atoms with E-state index in [1.54, 1.807) is 7.11 Å². The highest BCUT2D eigenvalue weighted by Gasteiger charge is 2.30. The molecule has 0 fully saturated rings. The molecule has 0 aromatic rings. The van der Waals surface area contributed by atoms with Crippen molar-refractivity contribution in [3.63, 3.8) is 0 Å². The Hall–Kier alpha value is -0.690. The average Bonchev–Trinajstić information content (AvgIpc) is 2.40. The molecule has 0 spiro atoms. The zero-order valence-corrected chi connectivity index (χ0v) is 13.9. The standard InChI is InChI=1S/C15H32N2O4/c1-13(2)17-15(3,14(16)18)7-5-6-8-20-11-12-21-10-9-19-4/h13,17H,5-12H2,1-4H3,(H2,16,18). The molecule has 0 aromatic carbocycles. The molecule has 1 atom stereocenters. The third-order valence-electron chi connectivity index (χ3n) is 3.17. The van der Waals surface area contributed by atoms with Gasteiger partial charge in [-0.25, -0.2) is 0 Å². The lowest BCUT2D eigenvalue weighted by Gasteiger charge is -2.29. The molecule has 1 amide bonds. The van der Waals surface area contributed by atoms with Crippen LogP contribution >= 0.6 is 0 Å². The van der Waals surface area contributed by atoms with Gasteiger partial charge in [-0.2, -0.15) is 0 Å². The second-order valence-corrected chi connectivity index (χ2v) is 5.67. The number of nitrogens with one attached hydrogen (secondary N) is 1. The molecule has 0 heterocycles. The monoisotopic (exact) mass is 304 g/mol. The van der Waals surface area contributed by atoms with Gasteiger partial charge in [-0.1, -0.05) is 0 Å². The van der Waals surface area contributed by atoms with Gasteiger partial charge in [-0.05, 0) is 40.0 Å². The van der Waals surface area contributed by atoms with Crippen molar-refractivity contribution in [1.29, 1.82) is 0 Å². The number of rotatable bonds is 14. The fourth-order valence-corrected chi connectivity index (χ4v) is 2.05. The van der Waals surface area contributed by atoms with E-state index in [4.69, 9.17) is 19.9 Å². The summed E-state index contributed by atoms with van der Waals surface area (Å²) in [7, 11) is 1.65. The molecule has 0 bridgehead atoms. The predicted molar refractivity (Wildman–Crippen MR) is 83.2 cm³/mol. The van der Waals surface area contributed by atoms with Crippen LogP contribution in [0.5, 0.6) is 0 Å². The van der Waals surface area contributed by atoms with E-state index in [2.05, 4.69) is 5.32 Å². The van der Waals surface area contributed by atoms with E-state index in [0.717, 1.165) is 12.8 Å². The molecule has 126 valence electrons. The van der Waals surface area contributed by atoms with Crippen LogP contribution in [0, 0.1) is 0 Å². The first kappa shape index (κ1) is 20.3. The number of hydrogen-bond donors (Lipinski definition) is 2. The third-order valence-corrected chi connectivity index (χ3v) is 3.17. The summed E-state index contributed by atoms with van der Waals surface area (Å²) in [6, 6.07) is 0.225. The van der Waals surface area contributed by atoms with E-state index in [1.807, 2.05) is 20.8 Å². The Morgan fingerprint density at radius 1 is 1.10 bits per heavy atom. The van der Waals surface area contributed by atoms with Crippen molar-refractivity contribution in [1.82, 2.24) is 5.32 Å². The predicted octanol–water partition coefficient (Wildman–Crippen LogP) is 1.08. The molecule has 0 radical (unpaired) electrons. The first-order valence-electron chi connectivity index (χ1n) is 7.64. The quantitative estimate of drug-likeness (QED) is 0.469. The lowest BCUT2D eigenvalue weighted by Crippen LogP contribution is -2.55. The number of carbonyl (C=O) groups excluding carboxylic acids is 1. The molecule has 0 rings (SSSR count). The fourth-order valence-electron chi connectivity index (χ4n) is 2.05. The highest BCUT2D eigenvalue weighted by molar-refractivity contribution is 5.84. The Kier molecular flexibility index (Phi) is 11.5. The molecular formula is C15H32N2O4. The van der Waals surface area contributed by atoms with Crippen LogP contribution in [0.25, 0.3) is 0 Å². The number of primary amides is 1. The maximum absolute atomic E-state index is 11.5. The number of carbonyl (C=O) groups is 1. The van der Waals surface area contributed by atoms with Crippen molar-refractivity contribution in [2.24, 2.45) is 5.73 Å². The average molecular weight is 304 g/mol. The summed E-state index contributed by atoms with van der Waals surface area (Å²) in [5.41, 5.74) is 4.84. The van der Waals surface area contributed by atoms with E-state index in [1.165, 1.54) is 0 Å². The molecule has 1 unspecified atom stereocenters. The Balaban J connectivity index is 3.61. The van der Waals surface area contributed by atoms with Gasteiger partial charge in [0.2, 0.25) is 5.91 Å². The summed E-state index contributed by atoms with van der Waals surface area (Å²) in [5, 5.41) is 3.24. The molecule has 21 heavy (non-hydrogen) atoms. The summed E-state index contributed by atoms with van der Waals surface area (Å²) in [6.07, 6.45) is 2.51. The summed E-state index contributed by atoms with van der Waals surface area (Å²) < 4.78 is 15.6. The summed E-state index contributed by atoms with van der Waals surface area (Å²) in [5.74, 6) is -0.302. The topological polar surface area (TPSA) is 82.8 Å². The molecule has 3 N–H and O–H groups in total. The highest BCUT2D eigenvalue weighted by atomic mass is 16.5. The van der Waals surface area contributed by atoms with Gasteiger partial charge in [-0.3, -0.25) is 4.79 Å². The maximum atomic E-state index is 11.5. The van der Waals surface area contributed by atoms with E-state index in [-0.39, 0.29) is 11.9 Å². The Morgan fingerprint density at radius 2 is 1.67 bits per heavy atom. The number of methoxy groups -OCH3 is 1. The molecule has 6 nitrogen and oxygen atoms in total.